The fraction of sp³-hybridized carbons (Fsp3) is 0.538. The molecule has 1 aliphatic carbocycles. The molecule has 2 rings (SSSR count). The summed E-state index contributed by atoms with van der Waals surface area (Å²) in [5, 5.41) is 13.1. The van der Waals surface area contributed by atoms with Crippen molar-refractivity contribution in [2.45, 2.75) is 23.7 Å². The molecular formula is C13H18FNOS. The SMILES string of the molecule is CSC1(CNCC(O)c2ccccc2F)CC1. The van der Waals surface area contributed by atoms with Gasteiger partial charge in [-0.1, -0.05) is 18.2 Å². The summed E-state index contributed by atoms with van der Waals surface area (Å²) in [5.74, 6) is -0.340. The Morgan fingerprint density at radius 3 is 2.76 bits per heavy atom. The highest BCUT2D eigenvalue weighted by atomic mass is 32.2. The van der Waals surface area contributed by atoms with E-state index in [0.29, 0.717) is 16.9 Å². The van der Waals surface area contributed by atoms with E-state index in [1.54, 1.807) is 18.2 Å². The van der Waals surface area contributed by atoms with Gasteiger partial charge in [-0.05, 0) is 25.2 Å². The van der Waals surface area contributed by atoms with Gasteiger partial charge in [-0.25, -0.2) is 4.39 Å². The summed E-state index contributed by atoms with van der Waals surface area (Å²) in [4.78, 5) is 0. The molecule has 2 N–H and O–H groups in total. The first kappa shape index (κ1) is 12.9. The van der Waals surface area contributed by atoms with Crippen molar-refractivity contribution in [2.24, 2.45) is 0 Å². The van der Waals surface area contributed by atoms with E-state index in [1.165, 1.54) is 18.9 Å². The third kappa shape index (κ3) is 3.21. The number of thioether (sulfide) groups is 1. The van der Waals surface area contributed by atoms with E-state index in [-0.39, 0.29) is 5.82 Å². The maximum Gasteiger partial charge on any atom is 0.129 e. The van der Waals surface area contributed by atoms with Gasteiger partial charge >= 0.3 is 0 Å². The first-order valence-corrected chi connectivity index (χ1v) is 7.08. The lowest BCUT2D eigenvalue weighted by Gasteiger charge is -2.16. The number of rotatable bonds is 6. The van der Waals surface area contributed by atoms with Gasteiger partial charge in [0.05, 0.1) is 6.10 Å². The van der Waals surface area contributed by atoms with Crippen LogP contribution in [0.15, 0.2) is 24.3 Å². The molecule has 17 heavy (non-hydrogen) atoms. The summed E-state index contributed by atoms with van der Waals surface area (Å²) in [6.45, 7) is 1.29. The van der Waals surface area contributed by atoms with E-state index in [0.717, 1.165) is 6.54 Å². The fourth-order valence-electron chi connectivity index (χ4n) is 1.88. The minimum Gasteiger partial charge on any atom is -0.387 e. The monoisotopic (exact) mass is 255 g/mol. The predicted octanol–water partition coefficient (Wildman–Crippen LogP) is 2.34. The van der Waals surface area contributed by atoms with Gasteiger partial charge in [-0.15, -0.1) is 0 Å². The number of benzene rings is 1. The highest BCUT2D eigenvalue weighted by Gasteiger charge is 2.41. The second-order valence-electron chi connectivity index (χ2n) is 4.56. The average molecular weight is 255 g/mol. The van der Waals surface area contributed by atoms with E-state index >= 15 is 0 Å². The number of nitrogens with one attached hydrogen (secondary N) is 1. The molecule has 2 nitrogen and oxygen atoms in total. The van der Waals surface area contributed by atoms with Gasteiger partial charge in [0.2, 0.25) is 0 Å². The van der Waals surface area contributed by atoms with Crippen molar-refractivity contribution >= 4 is 11.8 Å². The molecule has 0 heterocycles. The molecule has 0 saturated heterocycles. The van der Waals surface area contributed by atoms with Crippen LogP contribution in [0.5, 0.6) is 0 Å². The molecule has 4 heteroatoms. The first-order valence-electron chi connectivity index (χ1n) is 5.85. The third-order valence-corrected chi connectivity index (χ3v) is 4.71. The third-order valence-electron chi connectivity index (χ3n) is 3.29. The Hall–Kier alpha value is -0.580. The Bertz CT molecular complexity index is 381. The van der Waals surface area contributed by atoms with Crippen LogP contribution in [0.3, 0.4) is 0 Å². The maximum absolute atomic E-state index is 13.4. The van der Waals surface area contributed by atoms with Gasteiger partial charge < -0.3 is 10.4 Å². The largest absolute Gasteiger partial charge is 0.387 e. The molecule has 1 atom stereocenters. The van der Waals surface area contributed by atoms with Crippen LogP contribution in [0.25, 0.3) is 0 Å². The second kappa shape index (κ2) is 5.38. The molecule has 1 unspecified atom stereocenters. The summed E-state index contributed by atoms with van der Waals surface area (Å²) in [7, 11) is 0. The molecule has 1 fully saturated rings. The van der Waals surface area contributed by atoms with Crippen molar-refractivity contribution in [1.82, 2.24) is 5.32 Å². The zero-order valence-corrected chi connectivity index (χ0v) is 10.8. The second-order valence-corrected chi connectivity index (χ2v) is 5.83. The Balaban J connectivity index is 1.81. The van der Waals surface area contributed by atoms with Gasteiger partial charge in [0.25, 0.3) is 0 Å². The lowest BCUT2D eigenvalue weighted by Crippen LogP contribution is -2.30. The normalized spacial score (nSPS) is 19.0. The molecule has 0 spiro atoms. The molecule has 1 aliphatic rings. The minimum atomic E-state index is -0.770. The van der Waals surface area contributed by atoms with Crippen LogP contribution in [0.2, 0.25) is 0 Å². The Morgan fingerprint density at radius 2 is 2.18 bits per heavy atom. The van der Waals surface area contributed by atoms with E-state index in [1.807, 2.05) is 11.8 Å². The molecule has 0 aromatic heterocycles. The van der Waals surface area contributed by atoms with Gasteiger partial charge in [0, 0.05) is 23.4 Å². The van der Waals surface area contributed by atoms with Crippen molar-refractivity contribution in [3.05, 3.63) is 35.6 Å². The Morgan fingerprint density at radius 1 is 1.47 bits per heavy atom. The molecule has 1 saturated carbocycles. The maximum atomic E-state index is 13.4. The summed E-state index contributed by atoms with van der Waals surface area (Å²) >= 11 is 1.87. The number of halogens is 1. The summed E-state index contributed by atoms with van der Waals surface area (Å²) in [6.07, 6.45) is 3.81. The molecule has 0 bridgehead atoms. The molecular weight excluding hydrogens is 237 g/mol. The highest BCUT2D eigenvalue weighted by molar-refractivity contribution is 8.00. The van der Waals surface area contributed by atoms with Gasteiger partial charge in [-0.2, -0.15) is 11.8 Å². The fourth-order valence-corrected chi connectivity index (χ4v) is 2.64. The van der Waals surface area contributed by atoms with Crippen LogP contribution in [-0.2, 0) is 0 Å². The number of aliphatic hydroxyl groups is 1. The molecule has 0 aliphatic heterocycles. The van der Waals surface area contributed by atoms with Gasteiger partial charge in [-0.3, -0.25) is 0 Å². The quantitative estimate of drug-likeness (QED) is 0.818. The van der Waals surface area contributed by atoms with Crippen molar-refractivity contribution in [3.63, 3.8) is 0 Å². The number of hydrogen-bond donors (Lipinski definition) is 2. The smallest absolute Gasteiger partial charge is 0.129 e. The van der Waals surface area contributed by atoms with Crippen LogP contribution < -0.4 is 5.32 Å². The van der Waals surface area contributed by atoms with Crippen molar-refractivity contribution in [1.29, 1.82) is 0 Å². The topological polar surface area (TPSA) is 32.3 Å². The molecule has 1 aromatic carbocycles. The van der Waals surface area contributed by atoms with Crippen molar-refractivity contribution in [2.75, 3.05) is 19.3 Å². The number of aliphatic hydroxyl groups excluding tert-OH is 1. The molecule has 0 radical (unpaired) electrons. The van der Waals surface area contributed by atoms with Crippen LogP contribution >= 0.6 is 11.8 Å². The summed E-state index contributed by atoms with van der Waals surface area (Å²) in [6, 6.07) is 6.38. The first-order chi connectivity index (χ1) is 8.17. The highest BCUT2D eigenvalue weighted by Crippen LogP contribution is 2.46. The average Bonchev–Trinajstić information content (AvgIpc) is 3.10. The molecule has 1 aromatic rings. The van der Waals surface area contributed by atoms with Gasteiger partial charge in [0.1, 0.15) is 5.82 Å². The Kier molecular flexibility index (Phi) is 4.07. The molecule has 94 valence electrons. The van der Waals surface area contributed by atoms with Crippen LogP contribution in [0.1, 0.15) is 24.5 Å². The standard InChI is InChI=1S/C13H18FNOS/c1-17-13(6-7-13)9-15-8-12(16)10-4-2-3-5-11(10)14/h2-5,12,15-16H,6-9H2,1H3. The van der Waals surface area contributed by atoms with Crippen LogP contribution in [-0.4, -0.2) is 29.2 Å². The van der Waals surface area contributed by atoms with Crippen molar-refractivity contribution < 1.29 is 9.50 Å². The van der Waals surface area contributed by atoms with Crippen molar-refractivity contribution in [3.8, 4) is 0 Å². The van der Waals surface area contributed by atoms with Crippen LogP contribution in [0, 0.1) is 5.82 Å². The van der Waals surface area contributed by atoms with Crippen LogP contribution in [0.4, 0.5) is 4.39 Å². The summed E-state index contributed by atoms with van der Waals surface area (Å²) < 4.78 is 13.8. The summed E-state index contributed by atoms with van der Waals surface area (Å²) in [5.41, 5.74) is 0.369. The van der Waals surface area contributed by atoms with E-state index < -0.39 is 6.10 Å². The lowest BCUT2D eigenvalue weighted by atomic mass is 10.1. The van der Waals surface area contributed by atoms with E-state index in [2.05, 4.69) is 11.6 Å². The zero-order chi connectivity index (χ0) is 12.3. The Labute approximate surface area is 106 Å². The van der Waals surface area contributed by atoms with E-state index in [4.69, 9.17) is 0 Å². The predicted molar refractivity (Wildman–Crippen MR) is 69.7 cm³/mol. The molecule has 0 amide bonds. The zero-order valence-electron chi connectivity index (χ0n) is 9.95. The van der Waals surface area contributed by atoms with Gasteiger partial charge in [0.15, 0.2) is 0 Å². The lowest BCUT2D eigenvalue weighted by molar-refractivity contribution is 0.170. The van der Waals surface area contributed by atoms with E-state index in [9.17, 15) is 9.50 Å². The number of hydrogen-bond acceptors (Lipinski definition) is 3. The minimum absolute atomic E-state index is 0.340.